The smallest absolute Gasteiger partial charge is 0.0696 e. The van der Waals surface area contributed by atoms with Crippen molar-refractivity contribution in [2.45, 2.75) is 13.0 Å². The molecule has 0 saturated heterocycles. The van der Waals surface area contributed by atoms with Crippen molar-refractivity contribution in [1.29, 1.82) is 0 Å². The van der Waals surface area contributed by atoms with Gasteiger partial charge in [0.25, 0.3) is 0 Å². The number of aliphatic hydroxyl groups is 2. The van der Waals surface area contributed by atoms with Crippen LogP contribution in [0, 0.1) is 0 Å². The topological polar surface area (TPSA) is 40.5 Å². The molecule has 0 spiro atoms. The Balaban J connectivity index is 0.000000191. The van der Waals surface area contributed by atoms with Gasteiger partial charge in [-0.25, -0.2) is 0 Å². The van der Waals surface area contributed by atoms with Gasteiger partial charge in [-0.05, 0) is 29.7 Å². The van der Waals surface area contributed by atoms with Gasteiger partial charge in [-0.3, -0.25) is 0 Å². The first-order valence-electron chi connectivity index (χ1n) is 5.87. The van der Waals surface area contributed by atoms with Gasteiger partial charge in [0.05, 0.1) is 6.61 Å². The maximum atomic E-state index is 8.68. The fourth-order valence-electron chi connectivity index (χ4n) is 1.42. The Morgan fingerprint density at radius 2 is 1.58 bits per heavy atom. The number of hydrogen-bond acceptors (Lipinski definition) is 2. The highest BCUT2D eigenvalue weighted by atomic mass is 35.5. The monoisotopic (exact) mass is 298 g/mol. The van der Waals surface area contributed by atoms with Crippen LogP contribution in [-0.4, -0.2) is 16.8 Å². The maximum absolute atomic E-state index is 8.68. The summed E-state index contributed by atoms with van der Waals surface area (Å²) in [5, 5.41) is 18.3. The molecule has 0 atom stereocenters. The molecule has 0 bridgehead atoms. The Morgan fingerprint density at radius 3 is 2.11 bits per heavy atom. The van der Waals surface area contributed by atoms with Gasteiger partial charge < -0.3 is 10.2 Å². The molecule has 2 rings (SSSR count). The van der Waals surface area contributed by atoms with Crippen LogP contribution in [0.15, 0.2) is 48.5 Å². The number of hydrogen-bond donors (Lipinski definition) is 2. The van der Waals surface area contributed by atoms with Crippen molar-refractivity contribution in [2.75, 3.05) is 6.61 Å². The van der Waals surface area contributed by atoms with E-state index in [0.29, 0.717) is 15.6 Å². The van der Waals surface area contributed by atoms with Crippen LogP contribution in [0.5, 0.6) is 0 Å². The molecule has 0 amide bonds. The molecule has 2 aromatic rings. The molecule has 4 heteroatoms. The van der Waals surface area contributed by atoms with E-state index in [4.69, 9.17) is 33.4 Å². The highest BCUT2D eigenvalue weighted by Gasteiger charge is 1.97. The van der Waals surface area contributed by atoms with Gasteiger partial charge in [0.15, 0.2) is 0 Å². The Hall–Kier alpha value is -1.06. The van der Waals surface area contributed by atoms with E-state index >= 15 is 0 Å². The predicted octanol–water partition coefficient (Wildman–Crippen LogP) is 3.71. The van der Waals surface area contributed by atoms with Crippen molar-refractivity contribution in [3.63, 3.8) is 0 Å². The average molecular weight is 299 g/mol. The number of halogens is 2. The standard InChI is InChI=1S/C8H10O.C7H6Cl2O/c9-7-6-8-4-2-1-3-5-8;8-6-2-1-5(4-10)7(9)3-6/h1-5,9H,6-7H2;1-3,10H,4H2. The first-order valence-corrected chi connectivity index (χ1v) is 6.62. The van der Waals surface area contributed by atoms with E-state index in [9.17, 15) is 0 Å². The minimum atomic E-state index is -0.0456. The second kappa shape index (κ2) is 8.94. The Kier molecular flexibility index (Phi) is 7.53. The molecule has 2 N–H and O–H groups in total. The molecular formula is C15H16Cl2O2. The van der Waals surface area contributed by atoms with Crippen LogP contribution in [0.1, 0.15) is 11.1 Å². The Bertz CT molecular complexity index is 487. The van der Waals surface area contributed by atoms with Gasteiger partial charge in [0, 0.05) is 16.7 Å². The molecule has 2 nitrogen and oxygen atoms in total. The summed E-state index contributed by atoms with van der Waals surface area (Å²) in [6, 6.07) is 14.9. The lowest BCUT2D eigenvalue weighted by Gasteiger charge is -1.98. The van der Waals surface area contributed by atoms with Gasteiger partial charge in [-0.2, -0.15) is 0 Å². The summed E-state index contributed by atoms with van der Waals surface area (Å²) < 4.78 is 0. The molecule has 102 valence electrons. The lowest BCUT2D eigenvalue weighted by molar-refractivity contribution is 0.282. The largest absolute Gasteiger partial charge is 0.396 e. The SMILES string of the molecule is OCCc1ccccc1.OCc1ccc(Cl)cc1Cl. The highest BCUT2D eigenvalue weighted by molar-refractivity contribution is 6.35. The summed E-state index contributed by atoms with van der Waals surface area (Å²) in [6.07, 6.45) is 0.765. The van der Waals surface area contributed by atoms with Crippen molar-refractivity contribution >= 4 is 23.2 Å². The van der Waals surface area contributed by atoms with Gasteiger partial charge in [-0.1, -0.05) is 59.6 Å². The molecule has 0 saturated carbocycles. The molecule has 0 aliphatic carbocycles. The van der Waals surface area contributed by atoms with Gasteiger partial charge in [0.2, 0.25) is 0 Å². The van der Waals surface area contributed by atoms with Crippen LogP contribution in [0.2, 0.25) is 10.0 Å². The van der Waals surface area contributed by atoms with Crippen molar-refractivity contribution < 1.29 is 10.2 Å². The molecule has 19 heavy (non-hydrogen) atoms. The van der Waals surface area contributed by atoms with E-state index in [1.807, 2.05) is 30.3 Å². The van der Waals surface area contributed by atoms with Crippen LogP contribution in [0.3, 0.4) is 0 Å². The zero-order valence-corrected chi connectivity index (χ0v) is 11.9. The fourth-order valence-corrected chi connectivity index (χ4v) is 1.89. The van der Waals surface area contributed by atoms with Gasteiger partial charge >= 0.3 is 0 Å². The highest BCUT2D eigenvalue weighted by Crippen LogP contribution is 2.20. The van der Waals surface area contributed by atoms with Crippen molar-refractivity contribution in [2.24, 2.45) is 0 Å². The van der Waals surface area contributed by atoms with E-state index < -0.39 is 0 Å². The zero-order chi connectivity index (χ0) is 14.1. The molecule has 0 aromatic heterocycles. The summed E-state index contributed by atoms with van der Waals surface area (Å²) >= 11 is 11.3. The van der Waals surface area contributed by atoms with E-state index in [1.54, 1.807) is 18.2 Å². The van der Waals surface area contributed by atoms with Gasteiger partial charge in [0.1, 0.15) is 0 Å². The maximum Gasteiger partial charge on any atom is 0.0696 e. The van der Waals surface area contributed by atoms with Crippen LogP contribution in [0.25, 0.3) is 0 Å². The minimum absolute atomic E-state index is 0.0456. The van der Waals surface area contributed by atoms with E-state index in [0.717, 1.165) is 6.42 Å². The molecule has 0 heterocycles. The summed E-state index contributed by atoms with van der Waals surface area (Å²) in [7, 11) is 0. The molecule has 2 aromatic carbocycles. The second-order valence-corrected chi connectivity index (χ2v) is 4.70. The van der Waals surface area contributed by atoms with Crippen LogP contribution in [0.4, 0.5) is 0 Å². The Morgan fingerprint density at radius 1 is 0.895 bits per heavy atom. The number of benzene rings is 2. The molecule has 0 aliphatic heterocycles. The quantitative estimate of drug-likeness (QED) is 0.907. The van der Waals surface area contributed by atoms with Crippen molar-refractivity contribution in [1.82, 2.24) is 0 Å². The number of aliphatic hydroxyl groups excluding tert-OH is 2. The molecule has 0 radical (unpaired) electrons. The van der Waals surface area contributed by atoms with Crippen LogP contribution in [-0.2, 0) is 13.0 Å². The first-order chi connectivity index (χ1) is 9.17. The van der Waals surface area contributed by atoms with Crippen LogP contribution >= 0.6 is 23.2 Å². The third kappa shape index (κ3) is 6.08. The first kappa shape index (κ1) is 16.0. The third-order valence-corrected chi connectivity index (χ3v) is 3.02. The normalized spacial score (nSPS) is 9.68. The lowest BCUT2D eigenvalue weighted by atomic mass is 10.2. The third-order valence-electron chi connectivity index (χ3n) is 2.43. The summed E-state index contributed by atoms with van der Waals surface area (Å²) in [5.74, 6) is 0. The molecule has 0 aliphatic rings. The average Bonchev–Trinajstić information content (AvgIpc) is 2.41. The van der Waals surface area contributed by atoms with Crippen molar-refractivity contribution in [3.8, 4) is 0 Å². The Labute approximate surface area is 123 Å². The minimum Gasteiger partial charge on any atom is -0.396 e. The fraction of sp³-hybridized carbons (Fsp3) is 0.200. The van der Waals surface area contributed by atoms with Gasteiger partial charge in [-0.15, -0.1) is 0 Å². The molecule has 0 fully saturated rings. The summed E-state index contributed by atoms with van der Waals surface area (Å²) in [5.41, 5.74) is 1.89. The predicted molar refractivity (Wildman–Crippen MR) is 79.6 cm³/mol. The lowest BCUT2D eigenvalue weighted by Crippen LogP contribution is -1.88. The summed E-state index contributed by atoms with van der Waals surface area (Å²) in [6.45, 7) is 0.194. The van der Waals surface area contributed by atoms with E-state index in [-0.39, 0.29) is 13.2 Å². The zero-order valence-electron chi connectivity index (χ0n) is 10.4. The summed E-state index contributed by atoms with van der Waals surface area (Å²) in [4.78, 5) is 0. The van der Waals surface area contributed by atoms with Crippen LogP contribution < -0.4 is 0 Å². The number of rotatable bonds is 3. The van der Waals surface area contributed by atoms with E-state index in [1.165, 1.54) is 5.56 Å². The van der Waals surface area contributed by atoms with Crippen molar-refractivity contribution in [3.05, 3.63) is 69.7 Å². The second-order valence-electron chi connectivity index (χ2n) is 3.85. The molecule has 0 unspecified atom stereocenters. The van der Waals surface area contributed by atoms with E-state index in [2.05, 4.69) is 0 Å². The molecular weight excluding hydrogens is 283 g/mol.